The summed E-state index contributed by atoms with van der Waals surface area (Å²) in [5.41, 5.74) is 1.33. The minimum absolute atomic E-state index is 0.405. The molecule has 0 heterocycles. The zero-order valence-electron chi connectivity index (χ0n) is 9.76. The van der Waals surface area contributed by atoms with Gasteiger partial charge in [0.05, 0.1) is 0 Å². The molecule has 1 N–H and O–H groups in total. The van der Waals surface area contributed by atoms with Crippen molar-refractivity contribution in [2.75, 3.05) is 0 Å². The number of hydrogen-bond donors (Lipinski definition) is 1. The Hall–Kier alpha value is -0.340. The van der Waals surface area contributed by atoms with Gasteiger partial charge < -0.3 is 5.32 Å². The lowest BCUT2D eigenvalue weighted by atomic mass is 10.1. The quantitative estimate of drug-likeness (QED) is 0.841. The fourth-order valence-electron chi connectivity index (χ4n) is 1.86. The van der Waals surface area contributed by atoms with Crippen LogP contribution in [0.25, 0.3) is 0 Å². The zero-order chi connectivity index (χ0) is 11.3. The second kappa shape index (κ2) is 6.29. The van der Waals surface area contributed by atoms with E-state index in [0.717, 1.165) is 0 Å². The second-order valence-electron chi connectivity index (χ2n) is 4.10. The highest BCUT2D eigenvalue weighted by molar-refractivity contribution is 9.10. The van der Waals surface area contributed by atoms with Crippen molar-refractivity contribution in [3.63, 3.8) is 0 Å². The average molecular weight is 270 g/mol. The largest absolute Gasteiger partial charge is 0.308 e. The second-order valence-corrected chi connectivity index (χ2v) is 4.95. The van der Waals surface area contributed by atoms with Gasteiger partial charge in [-0.2, -0.15) is 0 Å². The summed E-state index contributed by atoms with van der Waals surface area (Å²) in [7, 11) is 0. The summed E-state index contributed by atoms with van der Waals surface area (Å²) in [5.74, 6) is 0. The number of nitrogens with one attached hydrogen (secondary N) is 1. The van der Waals surface area contributed by atoms with Crippen molar-refractivity contribution >= 4 is 15.9 Å². The topological polar surface area (TPSA) is 12.0 Å². The summed E-state index contributed by atoms with van der Waals surface area (Å²) in [4.78, 5) is 0. The van der Waals surface area contributed by atoms with E-state index in [1.54, 1.807) is 0 Å². The molecule has 0 bridgehead atoms. The van der Waals surface area contributed by atoms with Crippen LogP contribution in [0.3, 0.4) is 0 Å². The third-order valence-corrected chi connectivity index (χ3v) is 3.35. The van der Waals surface area contributed by atoms with Crippen LogP contribution in [-0.4, -0.2) is 6.04 Å². The summed E-state index contributed by atoms with van der Waals surface area (Å²) >= 11 is 3.59. The normalized spacial score (nSPS) is 14.9. The molecular formula is C13H20BrN. The third kappa shape index (κ3) is 3.96. The molecule has 1 aromatic carbocycles. The van der Waals surface area contributed by atoms with Crippen LogP contribution in [0, 0.1) is 0 Å². The molecule has 0 spiro atoms. The van der Waals surface area contributed by atoms with Crippen LogP contribution in [0.1, 0.15) is 45.2 Å². The fourth-order valence-corrected chi connectivity index (χ4v) is 2.49. The Kier molecular flexibility index (Phi) is 5.34. The van der Waals surface area contributed by atoms with Crippen LogP contribution in [0.15, 0.2) is 28.7 Å². The van der Waals surface area contributed by atoms with Gasteiger partial charge in [0.15, 0.2) is 0 Å². The molecule has 0 saturated heterocycles. The zero-order valence-corrected chi connectivity index (χ0v) is 11.3. The molecule has 1 nitrogen and oxygen atoms in total. The molecule has 0 fully saturated rings. The fraction of sp³-hybridized carbons (Fsp3) is 0.538. The summed E-state index contributed by atoms with van der Waals surface area (Å²) in [6.45, 7) is 6.68. The number of hydrogen-bond acceptors (Lipinski definition) is 1. The highest BCUT2D eigenvalue weighted by Gasteiger charge is 2.10. The molecule has 0 amide bonds. The molecule has 1 rings (SSSR count). The lowest BCUT2D eigenvalue weighted by Gasteiger charge is -2.20. The SMILES string of the molecule is CCCC(C)N[C@H](C)c1ccccc1Br. The minimum Gasteiger partial charge on any atom is -0.308 e. The summed E-state index contributed by atoms with van der Waals surface area (Å²) in [5, 5.41) is 3.61. The molecule has 2 atom stereocenters. The van der Waals surface area contributed by atoms with Gasteiger partial charge in [0.25, 0.3) is 0 Å². The highest BCUT2D eigenvalue weighted by atomic mass is 79.9. The average Bonchev–Trinajstić information content (AvgIpc) is 2.18. The van der Waals surface area contributed by atoms with E-state index in [1.807, 2.05) is 0 Å². The lowest BCUT2D eigenvalue weighted by Crippen LogP contribution is -2.28. The van der Waals surface area contributed by atoms with Gasteiger partial charge in [-0.25, -0.2) is 0 Å². The molecule has 84 valence electrons. The maximum absolute atomic E-state index is 3.61. The van der Waals surface area contributed by atoms with Crippen LogP contribution in [0.2, 0.25) is 0 Å². The van der Waals surface area contributed by atoms with Gasteiger partial charge in [0, 0.05) is 16.6 Å². The lowest BCUT2D eigenvalue weighted by molar-refractivity contribution is 0.452. The first kappa shape index (κ1) is 12.7. The van der Waals surface area contributed by atoms with Crippen molar-refractivity contribution in [1.82, 2.24) is 5.32 Å². The van der Waals surface area contributed by atoms with E-state index in [-0.39, 0.29) is 0 Å². The molecule has 1 aromatic rings. The Balaban J connectivity index is 2.61. The first-order valence-corrected chi connectivity index (χ1v) is 6.45. The van der Waals surface area contributed by atoms with Crippen LogP contribution in [0.4, 0.5) is 0 Å². The van der Waals surface area contributed by atoms with Crippen LogP contribution in [0.5, 0.6) is 0 Å². The van der Waals surface area contributed by atoms with Gasteiger partial charge in [-0.05, 0) is 31.9 Å². The highest BCUT2D eigenvalue weighted by Crippen LogP contribution is 2.23. The van der Waals surface area contributed by atoms with Gasteiger partial charge in [-0.15, -0.1) is 0 Å². The number of rotatable bonds is 5. The van der Waals surface area contributed by atoms with Gasteiger partial charge in [-0.1, -0.05) is 47.5 Å². The summed E-state index contributed by atoms with van der Waals surface area (Å²) in [6, 6.07) is 9.39. The molecule has 0 aliphatic heterocycles. The number of halogens is 1. The minimum atomic E-state index is 0.405. The van der Waals surface area contributed by atoms with E-state index in [4.69, 9.17) is 0 Å². The van der Waals surface area contributed by atoms with Crippen molar-refractivity contribution in [1.29, 1.82) is 0 Å². The van der Waals surface area contributed by atoms with E-state index in [2.05, 4.69) is 66.3 Å². The molecule has 0 saturated carbocycles. The van der Waals surface area contributed by atoms with E-state index >= 15 is 0 Å². The van der Waals surface area contributed by atoms with Crippen molar-refractivity contribution in [2.45, 2.75) is 45.7 Å². The molecule has 0 radical (unpaired) electrons. The molecule has 15 heavy (non-hydrogen) atoms. The standard InChI is InChI=1S/C13H20BrN/c1-4-7-10(2)15-11(3)12-8-5-6-9-13(12)14/h5-6,8-11,15H,4,7H2,1-3H3/t10?,11-/m1/s1. The smallest absolute Gasteiger partial charge is 0.0305 e. The predicted molar refractivity (Wildman–Crippen MR) is 70.1 cm³/mol. The maximum Gasteiger partial charge on any atom is 0.0305 e. The Morgan fingerprint density at radius 1 is 1.27 bits per heavy atom. The Bertz CT molecular complexity index is 298. The predicted octanol–water partition coefficient (Wildman–Crippen LogP) is 4.29. The van der Waals surface area contributed by atoms with Crippen molar-refractivity contribution in [2.24, 2.45) is 0 Å². The van der Waals surface area contributed by atoms with E-state index in [1.165, 1.54) is 22.9 Å². The first-order valence-electron chi connectivity index (χ1n) is 5.65. The molecule has 0 aromatic heterocycles. The molecule has 0 aliphatic rings. The van der Waals surface area contributed by atoms with Gasteiger partial charge in [-0.3, -0.25) is 0 Å². The Morgan fingerprint density at radius 2 is 1.93 bits per heavy atom. The maximum atomic E-state index is 3.61. The van der Waals surface area contributed by atoms with Crippen LogP contribution < -0.4 is 5.32 Å². The monoisotopic (exact) mass is 269 g/mol. The van der Waals surface area contributed by atoms with Crippen molar-refractivity contribution in [3.8, 4) is 0 Å². The molecule has 1 unspecified atom stereocenters. The summed E-state index contributed by atoms with van der Waals surface area (Å²) < 4.78 is 1.19. The molecular weight excluding hydrogens is 250 g/mol. The first-order chi connectivity index (χ1) is 7.15. The molecule has 0 aliphatic carbocycles. The third-order valence-electron chi connectivity index (χ3n) is 2.63. The van der Waals surface area contributed by atoms with Gasteiger partial charge in [0.1, 0.15) is 0 Å². The van der Waals surface area contributed by atoms with E-state index < -0.39 is 0 Å². The van der Waals surface area contributed by atoms with Crippen LogP contribution >= 0.6 is 15.9 Å². The van der Waals surface area contributed by atoms with Crippen LogP contribution in [-0.2, 0) is 0 Å². The summed E-state index contributed by atoms with van der Waals surface area (Å²) in [6.07, 6.45) is 2.46. The van der Waals surface area contributed by atoms with Crippen molar-refractivity contribution in [3.05, 3.63) is 34.3 Å². The van der Waals surface area contributed by atoms with Gasteiger partial charge >= 0.3 is 0 Å². The molecule has 2 heteroatoms. The van der Waals surface area contributed by atoms with Gasteiger partial charge in [0.2, 0.25) is 0 Å². The van der Waals surface area contributed by atoms with Crippen molar-refractivity contribution < 1.29 is 0 Å². The Labute approximate surface area is 101 Å². The Morgan fingerprint density at radius 3 is 2.53 bits per heavy atom. The van der Waals surface area contributed by atoms with E-state index in [0.29, 0.717) is 12.1 Å². The number of benzene rings is 1. The van der Waals surface area contributed by atoms with E-state index in [9.17, 15) is 0 Å².